The smallest absolute Gasteiger partial charge is 0.238 e. The summed E-state index contributed by atoms with van der Waals surface area (Å²) in [6.45, 7) is 3.69. The van der Waals surface area contributed by atoms with Gasteiger partial charge in [0.25, 0.3) is 0 Å². The summed E-state index contributed by atoms with van der Waals surface area (Å²) in [6, 6.07) is 7.24. The van der Waals surface area contributed by atoms with E-state index in [2.05, 4.69) is 10.6 Å². The van der Waals surface area contributed by atoms with E-state index in [0.29, 0.717) is 18.7 Å². The molecular formula is C18H26N4O3. The number of carbonyl (C=O) groups is 3. The highest BCUT2D eigenvalue weighted by molar-refractivity contribution is 5.96. The molecule has 0 radical (unpaired) electrons. The molecule has 136 valence electrons. The molecule has 2 rings (SSSR count). The summed E-state index contributed by atoms with van der Waals surface area (Å²) >= 11 is 0. The molecule has 1 aromatic carbocycles. The van der Waals surface area contributed by atoms with Gasteiger partial charge in [0.15, 0.2) is 0 Å². The van der Waals surface area contributed by atoms with E-state index in [1.807, 2.05) is 19.1 Å². The highest BCUT2D eigenvalue weighted by atomic mass is 16.2. The van der Waals surface area contributed by atoms with E-state index in [1.54, 1.807) is 29.0 Å². The van der Waals surface area contributed by atoms with E-state index in [0.717, 1.165) is 25.1 Å². The fourth-order valence-electron chi connectivity index (χ4n) is 2.71. The summed E-state index contributed by atoms with van der Waals surface area (Å²) in [7, 11) is 1.73. The van der Waals surface area contributed by atoms with E-state index in [1.165, 1.54) is 0 Å². The Morgan fingerprint density at radius 3 is 2.44 bits per heavy atom. The van der Waals surface area contributed by atoms with Gasteiger partial charge in [-0.2, -0.15) is 0 Å². The van der Waals surface area contributed by atoms with Crippen molar-refractivity contribution in [2.45, 2.75) is 26.2 Å². The van der Waals surface area contributed by atoms with Crippen molar-refractivity contribution in [3.63, 3.8) is 0 Å². The van der Waals surface area contributed by atoms with Crippen LogP contribution in [-0.2, 0) is 14.4 Å². The molecule has 1 aliphatic heterocycles. The van der Waals surface area contributed by atoms with E-state index in [9.17, 15) is 14.4 Å². The number of hydrogen-bond acceptors (Lipinski definition) is 4. The molecule has 1 aromatic rings. The van der Waals surface area contributed by atoms with Crippen molar-refractivity contribution in [3.8, 4) is 0 Å². The highest BCUT2D eigenvalue weighted by Gasteiger charge is 2.21. The number of rotatable bonds is 8. The second-order valence-electron chi connectivity index (χ2n) is 6.27. The Bertz CT molecular complexity index is 615. The number of hydrogen-bond donors (Lipinski definition) is 2. The fourth-order valence-corrected chi connectivity index (χ4v) is 2.71. The monoisotopic (exact) mass is 346 g/mol. The summed E-state index contributed by atoms with van der Waals surface area (Å²) in [5, 5.41) is 5.58. The van der Waals surface area contributed by atoms with Crippen LogP contribution in [0.15, 0.2) is 24.3 Å². The van der Waals surface area contributed by atoms with E-state index < -0.39 is 0 Å². The number of likely N-dealkylation sites (N-methyl/N-ethyl adjacent to an activating group) is 1. The van der Waals surface area contributed by atoms with E-state index >= 15 is 0 Å². The Morgan fingerprint density at radius 1 is 1.16 bits per heavy atom. The second-order valence-corrected chi connectivity index (χ2v) is 6.27. The molecule has 3 amide bonds. The van der Waals surface area contributed by atoms with Crippen LogP contribution in [0.4, 0.5) is 11.4 Å². The van der Waals surface area contributed by atoms with Crippen molar-refractivity contribution in [2.24, 2.45) is 0 Å². The van der Waals surface area contributed by atoms with Gasteiger partial charge in [0.2, 0.25) is 17.7 Å². The number of nitrogens with one attached hydrogen (secondary N) is 2. The lowest BCUT2D eigenvalue weighted by Gasteiger charge is -2.17. The maximum Gasteiger partial charge on any atom is 0.238 e. The maximum absolute atomic E-state index is 12.1. The molecular weight excluding hydrogens is 320 g/mol. The summed E-state index contributed by atoms with van der Waals surface area (Å²) in [5.41, 5.74) is 1.52. The van der Waals surface area contributed by atoms with Crippen molar-refractivity contribution in [3.05, 3.63) is 24.3 Å². The molecule has 0 saturated carbocycles. The zero-order valence-electron chi connectivity index (χ0n) is 14.9. The number of anilines is 2. The molecule has 1 fully saturated rings. The predicted octanol–water partition coefficient (Wildman–Crippen LogP) is 1.21. The van der Waals surface area contributed by atoms with Crippen LogP contribution in [0.1, 0.15) is 26.2 Å². The Morgan fingerprint density at radius 2 is 1.84 bits per heavy atom. The topological polar surface area (TPSA) is 81.8 Å². The lowest BCUT2D eigenvalue weighted by molar-refractivity contribution is -0.123. The van der Waals surface area contributed by atoms with Gasteiger partial charge in [-0.1, -0.05) is 6.92 Å². The minimum absolute atomic E-state index is 0.0863. The lowest BCUT2D eigenvalue weighted by Crippen LogP contribution is -2.39. The molecule has 1 saturated heterocycles. The molecule has 2 N–H and O–H groups in total. The lowest BCUT2D eigenvalue weighted by atomic mass is 10.2. The van der Waals surface area contributed by atoms with Crippen LogP contribution in [-0.4, -0.2) is 55.8 Å². The first-order chi connectivity index (χ1) is 12.0. The van der Waals surface area contributed by atoms with Crippen molar-refractivity contribution >= 4 is 29.1 Å². The van der Waals surface area contributed by atoms with Gasteiger partial charge in [-0.25, -0.2) is 0 Å². The molecule has 0 aliphatic carbocycles. The molecule has 25 heavy (non-hydrogen) atoms. The molecule has 0 unspecified atom stereocenters. The number of amides is 3. The highest BCUT2D eigenvalue weighted by Crippen LogP contribution is 2.22. The maximum atomic E-state index is 12.1. The van der Waals surface area contributed by atoms with Gasteiger partial charge < -0.3 is 15.5 Å². The Hall–Kier alpha value is -2.41. The second kappa shape index (κ2) is 9.17. The Balaban J connectivity index is 1.80. The first-order valence-corrected chi connectivity index (χ1v) is 8.65. The Labute approximate surface area is 148 Å². The van der Waals surface area contributed by atoms with Crippen LogP contribution in [0.3, 0.4) is 0 Å². The minimum atomic E-state index is -0.184. The summed E-state index contributed by atoms with van der Waals surface area (Å²) in [4.78, 5) is 38.8. The minimum Gasteiger partial charge on any atom is -0.355 e. The van der Waals surface area contributed by atoms with Gasteiger partial charge in [0.1, 0.15) is 0 Å². The molecule has 1 aliphatic rings. The quantitative estimate of drug-likeness (QED) is 0.741. The molecule has 0 spiro atoms. The third kappa shape index (κ3) is 5.86. The molecule has 0 bridgehead atoms. The van der Waals surface area contributed by atoms with Gasteiger partial charge in [0.05, 0.1) is 13.1 Å². The van der Waals surface area contributed by atoms with E-state index in [-0.39, 0.29) is 30.8 Å². The first-order valence-electron chi connectivity index (χ1n) is 8.65. The van der Waals surface area contributed by atoms with Crippen LogP contribution < -0.4 is 15.5 Å². The summed E-state index contributed by atoms with van der Waals surface area (Å²) in [5.74, 6) is -0.132. The van der Waals surface area contributed by atoms with Gasteiger partial charge in [-0.15, -0.1) is 0 Å². The van der Waals surface area contributed by atoms with Crippen LogP contribution in [0.2, 0.25) is 0 Å². The van der Waals surface area contributed by atoms with Gasteiger partial charge >= 0.3 is 0 Å². The van der Waals surface area contributed by atoms with Crippen molar-refractivity contribution in [2.75, 3.05) is 43.4 Å². The molecule has 7 nitrogen and oxygen atoms in total. The standard InChI is InChI=1S/C18H26N4O3/c1-3-10-19-16(23)12-21(2)13-17(24)20-14-6-8-15(9-7-14)22-11-4-5-18(22)25/h6-9H,3-5,10-13H2,1-2H3,(H,19,23)(H,20,24). The van der Waals surface area contributed by atoms with Crippen LogP contribution in [0.25, 0.3) is 0 Å². The Kier molecular flexibility index (Phi) is 6.94. The zero-order chi connectivity index (χ0) is 18.2. The fraction of sp³-hybridized carbons (Fsp3) is 0.500. The average Bonchev–Trinajstić information content (AvgIpc) is 2.99. The number of benzene rings is 1. The molecule has 7 heteroatoms. The molecule has 0 aromatic heterocycles. The SMILES string of the molecule is CCCNC(=O)CN(C)CC(=O)Nc1ccc(N2CCCC2=O)cc1. The number of carbonyl (C=O) groups excluding carboxylic acids is 3. The van der Waals surface area contributed by atoms with Crippen LogP contribution in [0.5, 0.6) is 0 Å². The predicted molar refractivity (Wildman–Crippen MR) is 97.5 cm³/mol. The van der Waals surface area contributed by atoms with Crippen molar-refractivity contribution < 1.29 is 14.4 Å². The van der Waals surface area contributed by atoms with Gasteiger partial charge in [-0.05, 0) is 44.2 Å². The van der Waals surface area contributed by atoms with Crippen LogP contribution in [0, 0.1) is 0 Å². The third-order valence-electron chi connectivity index (χ3n) is 3.94. The molecule has 1 heterocycles. The third-order valence-corrected chi connectivity index (χ3v) is 3.94. The summed E-state index contributed by atoms with van der Waals surface area (Å²) in [6.07, 6.45) is 2.36. The van der Waals surface area contributed by atoms with Crippen molar-refractivity contribution in [1.82, 2.24) is 10.2 Å². The molecule has 0 atom stereocenters. The normalized spacial score (nSPS) is 14.0. The number of nitrogens with zero attached hydrogens (tertiary/aromatic N) is 2. The summed E-state index contributed by atoms with van der Waals surface area (Å²) < 4.78 is 0. The van der Waals surface area contributed by atoms with Gasteiger partial charge in [-0.3, -0.25) is 19.3 Å². The van der Waals surface area contributed by atoms with E-state index in [4.69, 9.17) is 0 Å². The average molecular weight is 346 g/mol. The van der Waals surface area contributed by atoms with Crippen molar-refractivity contribution in [1.29, 1.82) is 0 Å². The zero-order valence-corrected chi connectivity index (χ0v) is 14.9. The first kappa shape index (κ1) is 18.9. The van der Waals surface area contributed by atoms with Crippen LogP contribution >= 0.6 is 0 Å². The largest absolute Gasteiger partial charge is 0.355 e. The van der Waals surface area contributed by atoms with Gasteiger partial charge in [0, 0.05) is 30.9 Å².